The number of rotatable bonds is 3. The molecule has 0 amide bonds. The molecule has 5 heteroatoms. The third-order valence-corrected chi connectivity index (χ3v) is 3.70. The molecule has 1 aromatic rings. The molecule has 0 bridgehead atoms. The van der Waals surface area contributed by atoms with E-state index in [-0.39, 0.29) is 0 Å². The number of hydrogen-bond acceptors (Lipinski definition) is 5. The zero-order chi connectivity index (χ0) is 10.7. The lowest BCUT2D eigenvalue weighted by Crippen LogP contribution is -2.27. The second-order valence-electron chi connectivity index (χ2n) is 4.19. The predicted octanol–water partition coefficient (Wildman–Crippen LogP) is 1.81. The third-order valence-electron chi connectivity index (χ3n) is 2.96. The molecule has 0 unspecified atom stereocenters. The van der Waals surface area contributed by atoms with Crippen molar-refractivity contribution in [1.82, 2.24) is 9.36 Å². The van der Waals surface area contributed by atoms with Crippen LogP contribution >= 0.6 is 11.5 Å². The zero-order valence-electron chi connectivity index (χ0n) is 8.94. The molecule has 1 aromatic heterocycles. The van der Waals surface area contributed by atoms with Crippen LogP contribution in [-0.4, -0.2) is 27.1 Å². The van der Waals surface area contributed by atoms with Crippen LogP contribution in [0.15, 0.2) is 0 Å². The Bertz CT molecular complexity index is 307. The topological polar surface area (TPSA) is 58.0 Å². The number of anilines is 1. The molecule has 84 valence electrons. The van der Waals surface area contributed by atoms with Gasteiger partial charge in [0.25, 0.3) is 0 Å². The predicted molar refractivity (Wildman–Crippen MR) is 61.1 cm³/mol. The first kappa shape index (κ1) is 10.8. The fourth-order valence-corrected chi connectivity index (χ4v) is 2.67. The second-order valence-corrected chi connectivity index (χ2v) is 4.94. The van der Waals surface area contributed by atoms with Crippen LogP contribution in [0.2, 0.25) is 0 Å². The zero-order valence-corrected chi connectivity index (χ0v) is 9.76. The average molecular weight is 227 g/mol. The molecule has 4 nitrogen and oxygen atoms in total. The Morgan fingerprint density at radius 1 is 1.40 bits per heavy atom. The molecule has 1 heterocycles. The van der Waals surface area contributed by atoms with Crippen LogP contribution in [0.1, 0.15) is 31.5 Å². The minimum Gasteiger partial charge on any atom is -0.396 e. The number of aromatic nitrogens is 2. The van der Waals surface area contributed by atoms with E-state index in [1.165, 1.54) is 11.5 Å². The summed E-state index contributed by atoms with van der Waals surface area (Å²) in [4.78, 5) is 4.29. The van der Waals surface area contributed by atoms with Crippen LogP contribution in [0.3, 0.4) is 0 Å². The highest BCUT2D eigenvalue weighted by Gasteiger charge is 2.20. The molecule has 0 saturated heterocycles. The van der Waals surface area contributed by atoms with Crippen molar-refractivity contribution in [2.75, 3.05) is 11.9 Å². The summed E-state index contributed by atoms with van der Waals surface area (Å²) in [5, 5.41) is 13.4. The van der Waals surface area contributed by atoms with Crippen molar-refractivity contribution in [1.29, 1.82) is 0 Å². The lowest BCUT2D eigenvalue weighted by Gasteiger charge is -2.27. The van der Waals surface area contributed by atoms with E-state index < -0.39 is 0 Å². The highest BCUT2D eigenvalue weighted by atomic mass is 32.1. The number of nitrogens with one attached hydrogen (secondary N) is 1. The first-order valence-corrected chi connectivity index (χ1v) is 6.23. The molecule has 0 spiro atoms. The van der Waals surface area contributed by atoms with Crippen molar-refractivity contribution in [3.05, 3.63) is 5.82 Å². The van der Waals surface area contributed by atoms with Gasteiger partial charge in [-0.15, -0.1) is 0 Å². The number of nitrogens with zero attached hydrogens (tertiary/aromatic N) is 2. The summed E-state index contributed by atoms with van der Waals surface area (Å²) in [7, 11) is 0. The fraction of sp³-hybridized carbons (Fsp3) is 0.800. The summed E-state index contributed by atoms with van der Waals surface area (Å²) in [6, 6.07) is 0.514. The van der Waals surface area contributed by atoms with Gasteiger partial charge >= 0.3 is 0 Å². The van der Waals surface area contributed by atoms with Gasteiger partial charge in [0.1, 0.15) is 5.82 Å². The van der Waals surface area contributed by atoms with Gasteiger partial charge in [-0.25, -0.2) is 4.98 Å². The van der Waals surface area contributed by atoms with Gasteiger partial charge < -0.3 is 10.4 Å². The van der Waals surface area contributed by atoms with E-state index in [9.17, 15) is 0 Å². The van der Waals surface area contributed by atoms with E-state index >= 15 is 0 Å². The first-order chi connectivity index (χ1) is 7.28. The van der Waals surface area contributed by atoms with Gasteiger partial charge in [-0.2, -0.15) is 4.37 Å². The normalized spacial score (nSPS) is 26.5. The smallest absolute Gasteiger partial charge is 0.202 e. The summed E-state index contributed by atoms with van der Waals surface area (Å²) in [5.41, 5.74) is 0. The number of aryl methyl sites for hydroxylation is 1. The molecule has 0 aromatic carbocycles. The molecule has 2 N–H and O–H groups in total. The van der Waals surface area contributed by atoms with Crippen molar-refractivity contribution in [3.8, 4) is 0 Å². The minimum atomic E-state index is 0.338. The molecular formula is C10H17N3OS. The van der Waals surface area contributed by atoms with Gasteiger partial charge in [-0.1, -0.05) is 0 Å². The highest BCUT2D eigenvalue weighted by Crippen LogP contribution is 2.26. The quantitative estimate of drug-likeness (QED) is 0.827. The van der Waals surface area contributed by atoms with Crippen LogP contribution in [-0.2, 0) is 0 Å². The molecule has 1 saturated carbocycles. The van der Waals surface area contributed by atoms with Crippen LogP contribution < -0.4 is 5.32 Å². The van der Waals surface area contributed by atoms with Gasteiger partial charge in [0.05, 0.1) is 0 Å². The number of hydrogen-bond donors (Lipinski definition) is 2. The Kier molecular flexibility index (Phi) is 3.53. The molecule has 1 aliphatic rings. The van der Waals surface area contributed by atoms with Crippen LogP contribution in [0, 0.1) is 12.8 Å². The van der Waals surface area contributed by atoms with Crippen molar-refractivity contribution in [3.63, 3.8) is 0 Å². The van der Waals surface area contributed by atoms with Gasteiger partial charge in [-0.05, 0) is 38.5 Å². The Hall–Kier alpha value is -0.680. The Balaban J connectivity index is 1.82. The summed E-state index contributed by atoms with van der Waals surface area (Å²) in [6.07, 6.45) is 4.49. The van der Waals surface area contributed by atoms with E-state index in [0.717, 1.165) is 36.6 Å². The summed E-state index contributed by atoms with van der Waals surface area (Å²) in [5.74, 6) is 1.35. The van der Waals surface area contributed by atoms with E-state index in [2.05, 4.69) is 14.7 Å². The van der Waals surface area contributed by atoms with Crippen molar-refractivity contribution >= 4 is 16.7 Å². The summed E-state index contributed by atoms with van der Waals surface area (Å²) < 4.78 is 4.14. The van der Waals surface area contributed by atoms with Crippen molar-refractivity contribution < 1.29 is 5.11 Å². The SMILES string of the molecule is Cc1nsc(NC2CCC(CO)CC2)n1. The molecule has 2 rings (SSSR count). The molecule has 0 aliphatic heterocycles. The third kappa shape index (κ3) is 2.89. The summed E-state index contributed by atoms with van der Waals surface area (Å²) in [6.45, 7) is 2.25. The largest absolute Gasteiger partial charge is 0.396 e. The molecule has 0 radical (unpaired) electrons. The number of aliphatic hydroxyl groups is 1. The molecular weight excluding hydrogens is 210 g/mol. The fourth-order valence-electron chi connectivity index (χ4n) is 2.02. The van der Waals surface area contributed by atoms with Crippen LogP contribution in [0.4, 0.5) is 5.13 Å². The molecule has 1 fully saturated rings. The van der Waals surface area contributed by atoms with Gasteiger partial charge in [0.2, 0.25) is 5.13 Å². The van der Waals surface area contributed by atoms with Crippen LogP contribution in [0.5, 0.6) is 0 Å². The van der Waals surface area contributed by atoms with Gasteiger partial charge in [-0.3, -0.25) is 0 Å². The Labute approximate surface area is 93.9 Å². The Morgan fingerprint density at radius 2 is 2.13 bits per heavy atom. The first-order valence-electron chi connectivity index (χ1n) is 5.45. The van der Waals surface area contributed by atoms with E-state index in [1.54, 1.807) is 0 Å². The maximum atomic E-state index is 9.03. The maximum Gasteiger partial charge on any atom is 0.202 e. The molecule has 15 heavy (non-hydrogen) atoms. The van der Waals surface area contributed by atoms with Crippen LogP contribution in [0.25, 0.3) is 0 Å². The summed E-state index contributed by atoms with van der Waals surface area (Å²) >= 11 is 1.43. The van der Waals surface area contributed by atoms with Gasteiger partial charge in [0.15, 0.2) is 0 Å². The average Bonchev–Trinajstić information content (AvgIpc) is 2.65. The van der Waals surface area contributed by atoms with Crippen molar-refractivity contribution in [2.24, 2.45) is 5.92 Å². The Morgan fingerprint density at radius 3 is 2.67 bits per heavy atom. The molecule has 0 atom stereocenters. The lowest BCUT2D eigenvalue weighted by atomic mass is 9.87. The van der Waals surface area contributed by atoms with Gasteiger partial charge in [0, 0.05) is 24.2 Å². The van der Waals surface area contributed by atoms with Crippen molar-refractivity contribution in [2.45, 2.75) is 38.6 Å². The monoisotopic (exact) mass is 227 g/mol. The van der Waals surface area contributed by atoms with E-state index in [1.807, 2.05) is 6.92 Å². The highest BCUT2D eigenvalue weighted by molar-refractivity contribution is 7.09. The minimum absolute atomic E-state index is 0.338. The second kappa shape index (κ2) is 4.90. The van der Waals surface area contributed by atoms with E-state index in [0.29, 0.717) is 18.6 Å². The lowest BCUT2D eigenvalue weighted by molar-refractivity contribution is 0.186. The maximum absolute atomic E-state index is 9.03. The number of aliphatic hydroxyl groups excluding tert-OH is 1. The van der Waals surface area contributed by atoms with E-state index in [4.69, 9.17) is 5.11 Å². The molecule has 1 aliphatic carbocycles. The standard InChI is InChI=1S/C10H17N3OS/c1-7-11-10(15-13-7)12-9-4-2-8(6-14)3-5-9/h8-9,14H,2-6H2,1H3,(H,11,12,13).